The number of para-hydroxylation sites is 2. The Morgan fingerprint density at radius 3 is 2.32 bits per heavy atom. The lowest BCUT2D eigenvalue weighted by atomic mass is 10.0. The molecule has 4 nitrogen and oxygen atoms in total. The van der Waals surface area contributed by atoms with Gasteiger partial charge in [0.15, 0.2) is 0 Å². The molecule has 2 aromatic carbocycles. The average molecular weight is 357 g/mol. The molecule has 3 rings (SSSR count). The Balaban J connectivity index is 2.04. The molecule has 130 valence electrons. The fourth-order valence-corrected chi connectivity index (χ4v) is 3.18. The highest BCUT2D eigenvalue weighted by molar-refractivity contribution is 6.32. The van der Waals surface area contributed by atoms with Gasteiger partial charge in [-0.2, -0.15) is 0 Å². The van der Waals surface area contributed by atoms with Crippen LogP contribution in [-0.2, 0) is 13.7 Å². The van der Waals surface area contributed by atoms with Crippen LogP contribution in [0.25, 0.3) is 5.69 Å². The van der Waals surface area contributed by atoms with Crippen molar-refractivity contribution in [1.82, 2.24) is 9.36 Å². The van der Waals surface area contributed by atoms with Crippen molar-refractivity contribution in [2.24, 2.45) is 7.05 Å². The minimum atomic E-state index is -0.0125. The van der Waals surface area contributed by atoms with E-state index in [9.17, 15) is 4.79 Å². The Labute approximate surface area is 152 Å². The van der Waals surface area contributed by atoms with Crippen LogP contribution in [0.15, 0.2) is 59.4 Å². The monoisotopic (exact) mass is 356 g/mol. The van der Waals surface area contributed by atoms with Crippen LogP contribution < -0.4 is 10.3 Å². The van der Waals surface area contributed by atoms with Gasteiger partial charge < -0.3 is 4.74 Å². The highest BCUT2D eigenvalue weighted by Gasteiger charge is 2.21. The Morgan fingerprint density at radius 2 is 1.68 bits per heavy atom. The van der Waals surface area contributed by atoms with E-state index in [1.165, 1.54) is 0 Å². The third-order valence-electron chi connectivity index (χ3n) is 4.20. The van der Waals surface area contributed by atoms with E-state index in [1.54, 1.807) is 10.7 Å². The summed E-state index contributed by atoms with van der Waals surface area (Å²) < 4.78 is 9.44. The van der Waals surface area contributed by atoms with Crippen LogP contribution in [0.1, 0.15) is 31.0 Å². The second-order valence-electron chi connectivity index (χ2n) is 6.21. The minimum absolute atomic E-state index is 0.0125. The summed E-state index contributed by atoms with van der Waals surface area (Å²) in [4.78, 5) is 13.0. The van der Waals surface area contributed by atoms with Gasteiger partial charge in [0.05, 0.1) is 16.4 Å². The molecule has 0 aliphatic heterocycles. The predicted molar refractivity (Wildman–Crippen MR) is 101 cm³/mol. The van der Waals surface area contributed by atoms with E-state index in [2.05, 4.69) is 0 Å². The lowest BCUT2D eigenvalue weighted by Crippen LogP contribution is -2.21. The summed E-state index contributed by atoms with van der Waals surface area (Å²) in [5, 5.41) is 0.557. The molecular formula is C20H21ClN2O2. The normalized spacial score (nSPS) is 11.1. The quantitative estimate of drug-likeness (QED) is 0.673. The first-order valence-corrected chi connectivity index (χ1v) is 8.62. The number of benzene rings is 2. The number of nitrogens with zero attached hydrogens (tertiary/aromatic N) is 2. The number of halogens is 1. The van der Waals surface area contributed by atoms with Gasteiger partial charge in [0.2, 0.25) is 0 Å². The third-order valence-corrected chi connectivity index (χ3v) is 4.52. The number of hydrogen-bond donors (Lipinski definition) is 0. The van der Waals surface area contributed by atoms with Gasteiger partial charge in [0.1, 0.15) is 12.4 Å². The topological polar surface area (TPSA) is 36.2 Å². The van der Waals surface area contributed by atoms with Gasteiger partial charge in [-0.15, -0.1) is 0 Å². The molecular weight excluding hydrogens is 336 g/mol. The summed E-state index contributed by atoms with van der Waals surface area (Å²) in [7, 11) is 1.88. The van der Waals surface area contributed by atoms with Gasteiger partial charge in [-0.05, 0) is 30.2 Å². The van der Waals surface area contributed by atoms with E-state index in [0.29, 0.717) is 10.8 Å². The van der Waals surface area contributed by atoms with Crippen molar-refractivity contribution in [2.75, 3.05) is 0 Å². The first-order valence-electron chi connectivity index (χ1n) is 8.24. The molecule has 0 spiro atoms. The van der Waals surface area contributed by atoms with E-state index >= 15 is 0 Å². The molecule has 0 unspecified atom stereocenters. The zero-order valence-corrected chi connectivity index (χ0v) is 15.3. The summed E-state index contributed by atoms with van der Waals surface area (Å²) >= 11 is 6.17. The Hall–Kier alpha value is -2.46. The Morgan fingerprint density at radius 1 is 1.04 bits per heavy atom. The van der Waals surface area contributed by atoms with Crippen LogP contribution in [-0.4, -0.2) is 9.36 Å². The lowest BCUT2D eigenvalue weighted by Gasteiger charge is -2.13. The maximum Gasteiger partial charge on any atom is 0.275 e. The second kappa shape index (κ2) is 7.19. The molecule has 3 aromatic rings. The number of hydrogen-bond acceptors (Lipinski definition) is 2. The minimum Gasteiger partial charge on any atom is -0.486 e. The lowest BCUT2D eigenvalue weighted by molar-refractivity contribution is 0.291. The van der Waals surface area contributed by atoms with Gasteiger partial charge in [0.25, 0.3) is 5.56 Å². The molecule has 0 aliphatic carbocycles. The Kier molecular flexibility index (Phi) is 5.00. The standard InChI is InChI=1S/C20H21ClN2O2/c1-14(2)19-17(13-25-18-12-8-7-11-16(18)21)22(3)23(20(19)24)15-9-5-4-6-10-15/h4-12,14H,13H2,1-3H3. The predicted octanol–water partition coefficient (Wildman–Crippen LogP) is 4.53. The fraction of sp³-hybridized carbons (Fsp3) is 0.250. The summed E-state index contributed by atoms with van der Waals surface area (Å²) in [5.74, 6) is 0.701. The van der Waals surface area contributed by atoms with Crippen molar-refractivity contribution in [3.63, 3.8) is 0 Å². The van der Waals surface area contributed by atoms with E-state index in [0.717, 1.165) is 16.9 Å². The number of ether oxygens (including phenoxy) is 1. The molecule has 25 heavy (non-hydrogen) atoms. The summed E-state index contributed by atoms with van der Waals surface area (Å²) in [6.45, 7) is 4.32. The molecule has 1 heterocycles. The van der Waals surface area contributed by atoms with Crippen LogP contribution >= 0.6 is 11.6 Å². The van der Waals surface area contributed by atoms with Gasteiger partial charge in [0, 0.05) is 12.6 Å². The number of rotatable bonds is 5. The molecule has 0 aliphatic rings. The van der Waals surface area contributed by atoms with Gasteiger partial charge >= 0.3 is 0 Å². The Bertz CT molecular complexity index is 927. The van der Waals surface area contributed by atoms with Crippen LogP contribution in [0.4, 0.5) is 0 Å². The van der Waals surface area contributed by atoms with Crippen LogP contribution in [0.5, 0.6) is 5.75 Å². The first kappa shape index (κ1) is 17.4. The smallest absolute Gasteiger partial charge is 0.275 e. The average Bonchev–Trinajstić information content (AvgIpc) is 2.85. The van der Waals surface area contributed by atoms with Crippen molar-refractivity contribution in [3.05, 3.63) is 81.2 Å². The molecule has 0 bridgehead atoms. The van der Waals surface area contributed by atoms with E-state index in [4.69, 9.17) is 16.3 Å². The highest BCUT2D eigenvalue weighted by Crippen LogP contribution is 2.26. The zero-order chi connectivity index (χ0) is 18.0. The SMILES string of the molecule is CC(C)c1c(COc2ccccc2Cl)n(C)n(-c2ccccc2)c1=O. The molecule has 0 fully saturated rings. The van der Waals surface area contributed by atoms with Crippen molar-refractivity contribution < 1.29 is 4.74 Å². The fourth-order valence-electron chi connectivity index (χ4n) is 2.99. The molecule has 0 N–H and O–H groups in total. The highest BCUT2D eigenvalue weighted by atomic mass is 35.5. The third kappa shape index (κ3) is 3.35. The molecule has 0 atom stereocenters. The molecule has 0 saturated carbocycles. The maximum absolute atomic E-state index is 13.0. The van der Waals surface area contributed by atoms with Crippen molar-refractivity contribution in [1.29, 1.82) is 0 Å². The molecule has 1 aromatic heterocycles. The molecule has 5 heteroatoms. The summed E-state index contributed by atoms with van der Waals surface area (Å²) in [6.07, 6.45) is 0. The van der Waals surface area contributed by atoms with E-state index in [-0.39, 0.29) is 18.1 Å². The van der Waals surface area contributed by atoms with E-state index in [1.807, 2.05) is 74.1 Å². The van der Waals surface area contributed by atoms with Crippen molar-refractivity contribution in [3.8, 4) is 11.4 Å². The number of aromatic nitrogens is 2. The van der Waals surface area contributed by atoms with Gasteiger partial charge in [-0.1, -0.05) is 55.8 Å². The van der Waals surface area contributed by atoms with Crippen LogP contribution in [0.3, 0.4) is 0 Å². The summed E-state index contributed by atoms with van der Waals surface area (Å²) in [6, 6.07) is 17.0. The first-order chi connectivity index (χ1) is 12.0. The summed E-state index contributed by atoms with van der Waals surface area (Å²) in [5.41, 5.74) is 2.43. The largest absolute Gasteiger partial charge is 0.486 e. The molecule has 0 saturated heterocycles. The van der Waals surface area contributed by atoms with Crippen LogP contribution in [0.2, 0.25) is 5.02 Å². The van der Waals surface area contributed by atoms with Crippen molar-refractivity contribution >= 4 is 11.6 Å². The van der Waals surface area contributed by atoms with Gasteiger partial charge in [-0.3, -0.25) is 9.48 Å². The molecule has 0 radical (unpaired) electrons. The molecule has 0 amide bonds. The van der Waals surface area contributed by atoms with Crippen molar-refractivity contribution in [2.45, 2.75) is 26.4 Å². The van der Waals surface area contributed by atoms with E-state index < -0.39 is 0 Å². The second-order valence-corrected chi connectivity index (χ2v) is 6.62. The van der Waals surface area contributed by atoms with Gasteiger partial charge in [-0.25, -0.2) is 4.68 Å². The maximum atomic E-state index is 13.0. The van der Waals surface area contributed by atoms with Crippen LogP contribution in [0, 0.1) is 0 Å². The zero-order valence-electron chi connectivity index (χ0n) is 14.6.